The molecule has 1 N–H and O–H groups in total. The first-order valence-corrected chi connectivity index (χ1v) is 12.9. The van der Waals surface area contributed by atoms with Gasteiger partial charge < -0.3 is 14.5 Å². The topological polar surface area (TPSA) is 79.0 Å². The predicted octanol–water partition coefficient (Wildman–Crippen LogP) is 5.25. The second-order valence-corrected chi connectivity index (χ2v) is 10.2. The summed E-state index contributed by atoms with van der Waals surface area (Å²) in [5.41, 5.74) is 3.40. The Kier molecular flexibility index (Phi) is 7.16. The van der Waals surface area contributed by atoms with Crippen LogP contribution in [0.2, 0.25) is 5.02 Å². The van der Waals surface area contributed by atoms with Gasteiger partial charge in [0.25, 0.3) is 11.1 Å². The van der Waals surface area contributed by atoms with E-state index in [1.54, 1.807) is 12.1 Å². The summed E-state index contributed by atoms with van der Waals surface area (Å²) in [4.78, 5) is 40.2. The molecule has 1 saturated heterocycles. The minimum absolute atomic E-state index is 0.0451. The summed E-state index contributed by atoms with van der Waals surface area (Å²) in [6, 6.07) is 22.9. The largest absolute Gasteiger partial charge is 0.494 e. The van der Waals surface area contributed by atoms with E-state index in [4.69, 9.17) is 16.3 Å². The average molecular weight is 522 g/mol. The lowest BCUT2D eigenvalue weighted by atomic mass is 10.1. The van der Waals surface area contributed by atoms with Crippen LogP contribution in [0.5, 0.6) is 5.75 Å². The summed E-state index contributed by atoms with van der Waals surface area (Å²) in [5.74, 6) is 0.427. The molecular weight excluding hydrogens is 498 g/mol. The average Bonchev–Trinajstić information content (AvgIpc) is 3.20. The van der Waals surface area contributed by atoms with Gasteiger partial charge in [-0.1, -0.05) is 53.7 Å². The molecule has 0 radical (unpaired) electrons. The van der Waals surface area contributed by atoms with Gasteiger partial charge in [0.05, 0.1) is 29.8 Å². The normalized spacial score (nSPS) is 17.2. The van der Waals surface area contributed by atoms with E-state index in [0.717, 1.165) is 28.7 Å². The van der Waals surface area contributed by atoms with Crippen LogP contribution >= 0.6 is 23.4 Å². The molecule has 3 amide bonds. The lowest BCUT2D eigenvalue weighted by Crippen LogP contribution is -2.45. The summed E-state index contributed by atoms with van der Waals surface area (Å²) < 4.78 is 5.88. The van der Waals surface area contributed by atoms with Crippen molar-refractivity contribution in [2.45, 2.75) is 18.1 Å². The first-order chi connectivity index (χ1) is 17.5. The van der Waals surface area contributed by atoms with Gasteiger partial charge in [-0.05, 0) is 60.9 Å². The number of carbonyl (C=O) groups excluding carboxylic acids is 3. The van der Waals surface area contributed by atoms with Crippen LogP contribution in [0.4, 0.5) is 16.2 Å². The van der Waals surface area contributed by atoms with Crippen LogP contribution in [0, 0.1) is 0 Å². The highest BCUT2D eigenvalue weighted by Crippen LogP contribution is 2.35. The van der Waals surface area contributed by atoms with E-state index in [1.165, 1.54) is 0 Å². The number of hydrogen-bond acceptors (Lipinski definition) is 6. The quantitative estimate of drug-likeness (QED) is 0.408. The molecule has 3 aromatic rings. The Bertz CT molecular complexity index is 1290. The zero-order valence-electron chi connectivity index (χ0n) is 19.4. The van der Waals surface area contributed by atoms with Gasteiger partial charge in [-0.3, -0.25) is 19.7 Å². The number of para-hydroxylation sites is 1. The van der Waals surface area contributed by atoms with E-state index in [9.17, 15) is 14.4 Å². The number of halogens is 1. The van der Waals surface area contributed by atoms with Crippen molar-refractivity contribution in [2.75, 3.05) is 24.7 Å². The molecule has 1 fully saturated rings. The maximum Gasteiger partial charge on any atom is 0.286 e. The van der Waals surface area contributed by atoms with Gasteiger partial charge in [-0.2, -0.15) is 0 Å². The zero-order chi connectivity index (χ0) is 25.1. The number of thioether (sulfide) groups is 1. The molecule has 1 unspecified atom stereocenters. The molecule has 0 aliphatic carbocycles. The number of fused-ring (bicyclic) bond motifs is 1. The highest BCUT2D eigenvalue weighted by molar-refractivity contribution is 8.15. The number of imide groups is 1. The third-order valence-electron chi connectivity index (χ3n) is 6.10. The Labute approximate surface area is 218 Å². The summed E-state index contributed by atoms with van der Waals surface area (Å²) >= 11 is 7.23. The van der Waals surface area contributed by atoms with E-state index in [1.807, 2.05) is 65.6 Å². The van der Waals surface area contributed by atoms with Gasteiger partial charge in [0, 0.05) is 17.3 Å². The molecule has 5 rings (SSSR count). The lowest BCUT2D eigenvalue weighted by Gasteiger charge is -2.38. The number of anilines is 2. The Balaban J connectivity index is 1.17. The minimum atomic E-state index is -0.387. The summed E-state index contributed by atoms with van der Waals surface area (Å²) in [6.45, 7) is 1.43. The molecule has 36 heavy (non-hydrogen) atoms. The van der Waals surface area contributed by atoms with Crippen LogP contribution in [0.3, 0.4) is 0 Å². The van der Waals surface area contributed by atoms with E-state index in [0.29, 0.717) is 49.0 Å². The van der Waals surface area contributed by atoms with Crippen molar-refractivity contribution < 1.29 is 19.1 Å². The van der Waals surface area contributed by atoms with Crippen molar-refractivity contribution in [1.82, 2.24) is 10.2 Å². The number of ether oxygens (including phenoxy) is 1. The monoisotopic (exact) mass is 521 g/mol. The standard InChI is InChI=1S/C27H24ClN3O4S/c28-19-9-12-23-22(16-19)26(33)30(17-31(23)20-5-2-1-3-6-20)13-4-14-35-21-10-7-18(8-11-21)15-24-25(32)29-27(34)36-24/h1-3,5-12,16,24H,4,13-15,17H2,(H,29,32,34). The van der Waals surface area contributed by atoms with Crippen LogP contribution in [0.25, 0.3) is 0 Å². The fourth-order valence-corrected chi connectivity index (χ4v) is 5.34. The maximum atomic E-state index is 13.2. The van der Waals surface area contributed by atoms with Crippen molar-refractivity contribution in [3.63, 3.8) is 0 Å². The Morgan fingerprint density at radius 3 is 2.50 bits per heavy atom. The van der Waals surface area contributed by atoms with E-state index >= 15 is 0 Å². The smallest absolute Gasteiger partial charge is 0.286 e. The molecular formula is C27H24ClN3O4S. The molecule has 2 aliphatic rings. The van der Waals surface area contributed by atoms with Crippen molar-refractivity contribution in [2.24, 2.45) is 0 Å². The highest BCUT2D eigenvalue weighted by Gasteiger charge is 2.32. The maximum absolute atomic E-state index is 13.2. The van der Waals surface area contributed by atoms with Crippen LogP contribution in [-0.4, -0.2) is 47.0 Å². The minimum Gasteiger partial charge on any atom is -0.494 e. The molecule has 3 aromatic carbocycles. The molecule has 7 nitrogen and oxygen atoms in total. The molecule has 0 saturated carbocycles. The number of benzene rings is 3. The van der Waals surface area contributed by atoms with Crippen LogP contribution < -0.4 is 15.0 Å². The Hall–Kier alpha value is -3.49. The van der Waals surface area contributed by atoms with Gasteiger partial charge in [0.1, 0.15) is 5.75 Å². The van der Waals surface area contributed by atoms with Gasteiger partial charge in [0.15, 0.2) is 0 Å². The SMILES string of the molecule is O=C1NC(=O)C(Cc2ccc(OCCCN3CN(c4ccccc4)c4ccc(Cl)cc4C3=O)cc2)S1. The zero-order valence-corrected chi connectivity index (χ0v) is 20.9. The highest BCUT2D eigenvalue weighted by atomic mass is 35.5. The molecule has 184 valence electrons. The summed E-state index contributed by atoms with van der Waals surface area (Å²) in [6.07, 6.45) is 1.15. The van der Waals surface area contributed by atoms with Gasteiger partial charge in [-0.25, -0.2) is 0 Å². The van der Waals surface area contributed by atoms with Crippen molar-refractivity contribution in [3.8, 4) is 5.75 Å². The third kappa shape index (κ3) is 5.34. The van der Waals surface area contributed by atoms with Crippen LogP contribution in [-0.2, 0) is 11.2 Å². The fourth-order valence-electron chi connectivity index (χ4n) is 4.31. The van der Waals surface area contributed by atoms with Crippen LogP contribution in [0.15, 0.2) is 72.8 Å². The second kappa shape index (κ2) is 10.6. The second-order valence-electron chi connectivity index (χ2n) is 8.57. The molecule has 0 spiro atoms. The number of hydrogen-bond donors (Lipinski definition) is 1. The lowest BCUT2D eigenvalue weighted by molar-refractivity contribution is -0.118. The van der Waals surface area contributed by atoms with Gasteiger partial charge in [0.2, 0.25) is 5.91 Å². The van der Waals surface area contributed by atoms with E-state index in [-0.39, 0.29) is 22.3 Å². The van der Waals surface area contributed by atoms with E-state index in [2.05, 4.69) is 10.2 Å². The van der Waals surface area contributed by atoms with Gasteiger partial charge >= 0.3 is 0 Å². The van der Waals surface area contributed by atoms with Crippen molar-refractivity contribution >= 4 is 51.8 Å². The molecule has 0 aromatic heterocycles. The summed E-state index contributed by atoms with van der Waals surface area (Å²) in [5, 5.41) is 2.15. The van der Waals surface area contributed by atoms with Crippen LogP contribution in [0.1, 0.15) is 22.3 Å². The summed E-state index contributed by atoms with van der Waals surface area (Å²) in [7, 11) is 0. The Morgan fingerprint density at radius 2 is 1.78 bits per heavy atom. The number of carbonyl (C=O) groups is 3. The number of amides is 3. The number of nitrogens with zero attached hydrogens (tertiary/aromatic N) is 2. The van der Waals surface area contributed by atoms with Crippen molar-refractivity contribution in [1.29, 1.82) is 0 Å². The predicted molar refractivity (Wildman–Crippen MR) is 141 cm³/mol. The third-order valence-corrected chi connectivity index (χ3v) is 7.32. The molecule has 2 heterocycles. The first kappa shape index (κ1) is 24.2. The first-order valence-electron chi connectivity index (χ1n) is 11.6. The molecule has 2 aliphatic heterocycles. The van der Waals surface area contributed by atoms with Crippen molar-refractivity contribution in [3.05, 3.63) is 88.9 Å². The fraction of sp³-hybridized carbons (Fsp3) is 0.222. The number of rotatable bonds is 8. The molecule has 0 bridgehead atoms. The number of nitrogens with one attached hydrogen (secondary N) is 1. The Morgan fingerprint density at radius 1 is 1.00 bits per heavy atom. The molecule has 9 heteroatoms. The molecule has 1 atom stereocenters. The van der Waals surface area contributed by atoms with Gasteiger partial charge in [-0.15, -0.1) is 0 Å². The van der Waals surface area contributed by atoms with E-state index < -0.39 is 0 Å².